The summed E-state index contributed by atoms with van der Waals surface area (Å²) in [5.41, 5.74) is 0. The van der Waals surface area contributed by atoms with Gasteiger partial charge in [-0.05, 0) is 35.2 Å². The predicted octanol–water partition coefficient (Wildman–Crippen LogP) is 4.15. The smallest absolute Gasteiger partial charge is 0.261 e. The van der Waals surface area contributed by atoms with Crippen LogP contribution in [0.1, 0.15) is 40.5 Å². The van der Waals surface area contributed by atoms with E-state index in [4.69, 9.17) is 13.9 Å². The van der Waals surface area contributed by atoms with Crippen LogP contribution in [0.3, 0.4) is 0 Å². The second-order valence-electron chi connectivity index (χ2n) is 8.58. The van der Waals surface area contributed by atoms with E-state index in [9.17, 15) is 0 Å². The molecule has 3 nitrogen and oxygen atoms in total. The van der Waals surface area contributed by atoms with Crippen molar-refractivity contribution in [1.29, 1.82) is 0 Å². The predicted molar refractivity (Wildman–Crippen MR) is 118 cm³/mol. The molecule has 0 amide bonds. The van der Waals surface area contributed by atoms with Gasteiger partial charge in [0.15, 0.2) is 0 Å². The van der Waals surface area contributed by atoms with E-state index in [0.717, 1.165) is 19.4 Å². The zero-order valence-corrected chi connectivity index (χ0v) is 18.7. The van der Waals surface area contributed by atoms with Crippen molar-refractivity contribution in [3.05, 3.63) is 60.7 Å². The molecule has 0 bridgehead atoms. The van der Waals surface area contributed by atoms with Crippen LogP contribution < -0.4 is 10.4 Å². The second-order valence-corrected chi connectivity index (χ2v) is 12.9. The highest BCUT2D eigenvalue weighted by atomic mass is 28.4. The van der Waals surface area contributed by atoms with E-state index in [1.165, 1.54) is 10.4 Å². The molecule has 2 atom stereocenters. The molecule has 28 heavy (non-hydrogen) atoms. The minimum Gasteiger partial charge on any atom is -0.405 e. The molecule has 1 heterocycles. The molecule has 1 saturated heterocycles. The molecule has 152 valence electrons. The molecule has 1 fully saturated rings. The Balaban J connectivity index is 1.87. The van der Waals surface area contributed by atoms with Gasteiger partial charge in [0, 0.05) is 6.61 Å². The molecule has 0 N–H and O–H groups in total. The first kappa shape index (κ1) is 21.3. The third-order valence-electron chi connectivity index (χ3n) is 5.63. The van der Waals surface area contributed by atoms with Gasteiger partial charge in [-0.3, -0.25) is 0 Å². The van der Waals surface area contributed by atoms with Gasteiger partial charge in [0.25, 0.3) is 8.32 Å². The lowest BCUT2D eigenvalue weighted by Crippen LogP contribution is -2.67. The molecule has 2 unspecified atom stereocenters. The summed E-state index contributed by atoms with van der Waals surface area (Å²) in [4.78, 5) is 0. The Bertz CT molecular complexity index is 664. The minimum atomic E-state index is -2.48. The van der Waals surface area contributed by atoms with Crippen molar-refractivity contribution in [2.24, 2.45) is 0 Å². The van der Waals surface area contributed by atoms with E-state index in [-0.39, 0.29) is 17.2 Å². The first-order valence-corrected chi connectivity index (χ1v) is 12.4. The van der Waals surface area contributed by atoms with E-state index in [1.54, 1.807) is 0 Å². The van der Waals surface area contributed by atoms with Gasteiger partial charge in [0.1, 0.15) is 0 Å². The van der Waals surface area contributed by atoms with Crippen molar-refractivity contribution in [2.75, 3.05) is 19.8 Å². The highest BCUT2D eigenvalue weighted by Crippen LogP contribution is 2.37. The van der Waals surface area contributed by atoms with Crippen LogP contribution in [-0.4, -0.2) is 40.3 Å². The third kappa shape index (κ3) is 4.57. The Morgan fingerprint density at radius 3 is 1.93 bits per heavy atom. The van der Waals surface area contributed by atoms with Crippen LogP contribution in [0.25, 0.3) is 0 Å². The van der Waals surface area contributed by atoms with Crippen LogP contribution in [-0.2, 0) is 13.9 Å². The minimum absolute atomic E-state index is 0.00176. The Hall–Kier alpha value is -1.46. The molecule has 0 aromatic heterocycles. The molecule has 1 aliphatic rings. The van der Waals surface area contributed by atoms with E-state index >= 15 is 0 Å². The topological polar surface area (TPSA) is 27.7 Å². The Kier molecular flexibility index (Phi) is 7.10. The molecule has 3 rings (SSSR count). The average Bonchev–Trinajstić information content (AvgIpc) is 2.70. The zero-order chi connectivity index (χ0) is 20.0. The summed E-state index contributed by atoms with van der Waals surface area (Å²) in [7, 11) is -2.48. The van der Waals surface area contributed by atoms with E-state index < -0.39 is 8.32 Å². The summed E-state index contributed by atoms with van der Waals surface area (Å²) in [5.74, 6) is 0. The maximum atomic E-state index is 6.97. The van der Waals surface area contributed by atoms with Gasteiger partial charge < -0.3 is 13.9 Å². The van der Waals surface area contributed by atoms with E-state index in [1.807, 2.05) is 6.92 Å². The van der Waals surface area contributed by atoms with Crippen molar-refractivity contribution < 1.29 is 13.9 Å². The van der Waals surface area contributed by atoms with Crippen molar-refractivity contribution in [3.63, 3.8) is 0 Å². The molecule has 2 aromatic carbocycles. The Morgan fingerprint density at radius 1 is 0.929 bits per heavy atom. The van der Waals surface area contributed by atoms with Crippen LogP contribution in [0.2, 0.25) is 5.04 Å². The number of ether oxygens (including phenoxy) is 2. The highest BCUT2D eigenvalue weighted by Gasteiger charge is 2.50. The lowest BCUT2D eigenvalue weighted by atomic mass is 10.1. The van der Waals surface area contributed by atoms with Gasteiger partial charge in [0.05, 0.1) is 25.4 Å². The summed E-state index contributed by atoms with van der Waals surface area (Å²) in [6, 6.07) is 21.6. The summed E-state index contributed by atoms with van der Waals surface area (Å²) in [5, 5.41) is 2.63. The first-order valence-electron chi connectivity index (χ1n) is 10.5. The average molecular weight is 399 g/mol. The molecule has 0 spiro atoms. The van der Waals surface area contributed by atoms with Crippen LogP contribution in [0, 0.1) is 0 Å². The quantitative estimate of drug-likeness (QED) is 0.656. The fraction of sp³-hybridized carbons (Fsp3) is 0.500. The molecule has 2 aromatic rings. The fourth-order valence-electron chi connectivity index (χ4n) is 4.26. The summed E-state index contributed by atoms with van der Waals surface area (Å²) < 4.78 is 18.8. The SMILES string of the molecule is CCOC1CCC(CO[Si](c2ccccc2)(c2ccccc2)C(C)(C)C)OC1. The summed E-state index contributed by atoms with van der Waals surface area (Å²) in [6.07, 6.45) is 2.40. The van der Waals surface area contributed by atoms with Crippen LogP contribution in [0.5, 0.6) is 0 Å². The first-order chi connectivity index (χ1) is 13.5. The normalized spacial score (nSPS) is 20.9. The number of rotatable bonds is 7. The van der Waals surface area contributed by atoms with Crippen LogP contribution in [0.4, 0.5) is 0 Å². The maximum Gasteiger partial charge on any atom is 0.261 e. The largest absolute Gasteiger partial charge is 0.405 e. The zero-order valence-electron chi connectivity index (χ0n) is 17.7. The number of hydrogen-bond donors (Lipinski definition) is 0. The van der Waals surface area contributed by atoms with Gasteiger partial charge in [-0.1, -0.05) is 81.4 Å². The van der Waals surface area contributed by atoms with Crippen LogP contribution in [0.15, 0.2) is 60.7 Å². The lowest BCUT2D eigenvalue weighted by Gasteiger charge is -2.44. The van der Waals surface area contributed by atoms with Gasteiger partial charge in [-0.15, -0.1) is 0 Å². The maximum absolute atomic E-state index is 6.97. The molecular formula is C24H34O3Si. The Labute approximate surface area is 171 Å². The fourth-order valence-corrected chi connectivity index (χ4v) is 8.85. The molecule has 1 aliphatic heterocycles. The van der Waals surface area contributed by atoms with Gasteiger partial charge in [-0.2, -0.15) is 0 Å². The van der Waals surface area contributed by atoms with Crippen molar-refractivity contribution in [2.45, 2.75) is 57.8 Å². The lowest BCUT2D eigenvalue weighted by molar-refractivity contribution is -0.0937. The molecule has 4 heteroatoms. The Morgan fingerprint density at radius 2 is 1.50 bits per heavy atom. The highest BCUT2D eigenvalue weighted by molar-refractivity contribution is 6.99. The molecular weight excluding hydrogens is 364 g/mol. The molecule has 0 aliphatic carbocycles. The van der Waals surface area contributed by atoms with Gasteiger partial charge >= 0.3 is 0 Å². The summed E-state index contributed by atoms with van der Waals surface area (Å²) in [6.45, 7) is 11.0. The molecule has 0 radical (unpaired) electrons. The van der Waals surface area contributed by atoms with Crippen molar-refractivity contribution >= 4 is 18.7 Å². The van der Waals surface area contributed by atoms with Crippen molar-refractivity contribution in [3.8, 4) is 0 Å². The van der Waals surface area contributed by atoms with Gasteiger partial charge in [0.2, 0.25) is 0 Å². The standard InChI is InChI=1S/C24H34O3Si/c1-5-25-20-16-17-21(26-18-20)19-27-28(24(2,3)4,22-12-8-6-9-13-22)23-14-10-7-11-15-23/h6-15,20-21H,5,16-19H2,1-4H3. The van der Waals surface area contributed by atoms with E-state index in [2.05, 4.69) is 81.4 Å². The second kappa shape index (κ2) is 9.36. The van der Waals surface area contributed by atoms with Crippen molar-refractivity contribution in [1.82, 2.24) is 0 Å². The summed E-state index contributed by atoms with van der Waals surface area (Å²) >= 11 is 0. The number of benzene rings is 2. The molecule has 0 saturated carbocycles. The monoisotopic (exact) mass is 398 g/mol. The third-order valence-corrected chi connectivity index (χ3v) is 10.6. The van der Waals surface area contributed by atoms with Crippen LogP contribution >= 0.6 is 0 Å². The van der Waals surface area contributed by atoms with E-state index in [0.29, 0.717) is 13.2 Å². The number of hydrogen-bond acceptors (Lipinski definition) is 3. The van der Waals surface area contributed by atoms with Gasteiger partial charge in [-0.25, -0.2) is 0 Å².